The topological polar surface area (TPSA) is 73.9 Å². The molecule has 1 atom stereocenters. The zero-order valence-electron chi connectivity index (χ0n) is 23.1. The highest BCUT2D eigenvalue weighted by atomic mass is 16.7. The predicted molar refractivity (Wildman–Crippen MR) is 149 cm³/mol. The summed E-state index contributed by atoms with van der Waals surface area (Å²) in [6, 6.07) is 8.01. The average molecular weight is 515 g/mol. The van der Waals surface area contributed by atoms with Gasteiger partial charge < -0.3 is 15.1 Å². The van der Waals surface area contributed by atoms with Gasteiger partial charge in [0.15, 0.2) is 0 Å². The summed E-state index contributed by atoms with van der Waals surface area (Å²) in [7, 11) is 0. The minimum absolute atomic E-state index is 0.119. The van der Waals surface area contributed by atoms with E-state index in [2.05, 4.69) is 27.5 Å². The highest BCUT2D eigenvalue weighted by Gasteiger charge is 2.22. The highest BCUT2D eigenvalue weighted by Crippen LogP contribution is 2.15. The Morgan fingerprint density at radius 1 is 0.838 bits per heavy atom. The van der Waals surface area contributed by atoms with Crippen molar-refractivity contribution in [3.8, 4) is 0 Å². The van der Waals surface area contributed by atoms with Gasteiger partial charge in [0.1, 0.15) is 6.17 Å². The average Bonchev–Trinajstić information content (AvgIpc) is 3.34. The van der Waals surface area contributed by atoms with Crippen LogP contribution in [0.25, 0.3) is 0 Å². The first-order chi connectivity index (χ1) is 18.2. The number of carbonyl (C=O) groups excluding carboxylic acids is 2. The fraction of sp³-hybridized carbons (Fsp3) is 0.733. The Labute approximate surface area is 224 Å². The summed E-state index contributed by atoms with van der Waals surface area (Å²) in [6.07, 6.45) is 18.7. The van der Waals surface area contributed by atoms with Crippen LogP contribution in [0.2, 0.25) is 0 Å². The van der Waals surface area contributed by atoms with Crippen LogP contribution in [0.1, 0.15) is 113 Å². The van der Waals surface area contributed by atoms with Crippen LogP contribution >= 0.6 is 0 Å². The number of nitrogens with one attached hydrogen (secondary N) is 2. The van der Waals surface area contributed by atoms with E-state index in [-0.39, 0.29) is 12.1 Å². The van der Waals surface area contributed by atoms with Crippen molar-refractivity contribution in [3.05, 3.63) is 35.4 Å². The van der Waals surface area contributed by atoms with E-state index in [1.165, 1.54) is 89.2 Å². The monoisotopic (exact) mass is 514 g/mol. The summed E-state index contributed by atoms with van der Waals surface area (Å²) in [5.74, 6) is 0.145. The fourth-order valence-electron chi connectivity index (χ4n) is 5.31. The smallest absolute Gasteiger partial charge is 0.352 e. The first kappa shape index (κ1) is 29.4. The van der Waals surface area contributed by atoms with Crippen LogP contribution in [-0.2, 0) is 11.3 Å². The molecule has 0 bridgehead atoms. The molecule has 0 aliphatic carbocycles. The van der Waals surface area contributed by atoms with Gasteiger partial charge in [0.2, 0.25) is 0 Å². The van der Waals surface area contributed by atoms with E-state index in [0.29, 0.717) is 0 Å². The van der Waals surface area contributed by atoms with Crippen LogP contribution in [0.5, 0.6) is 0 Å². The lowest BCUT2D eigenvalue weighted by molar-refractivity contribution is 0.0635. The summed E-state index contributed by atoms with van der Waals surface area (Å²) >= 11 is 0. The van der Waals surface area contributed by atoms with Crippen molar-refractivity contribution in [1.29, 1.82) is 0 Å². The number of rotatable bonds is 18. The number of benzene rings is 1. The summed E-state index contributed by atoms with van der Waals surface area (Å²) in [5.41, 5.74) is 4.65. The molecule has 0 saturated carbocycles. The molecular weight excluding hydrogens is 464 g/mol. The Bertz CT molecular complexity index is 778. The Balaban J connectivity index is 1.19. The summed E-state index contributed by atoms with van der Waals surface area (Å²) < 4.78 is 0. The molecule has 0 radical (unpaired) electrons. The summed E-state index contributed by atoms with van der Waals surface area (Å²) in [6.45, 7) is 7.06. The van der Waals surface area contributed by atoms with E-state index in [1.54, 1.807) is 0 Å². The molecule has 2 heterocycles. The maximum Gasteiger partial charge on any atom is 0.427 e. The molecule has 0 aromatic heterocycles. The first-order valence-electron chi connectivity index (χ1n) is 15.0. The molecule has 7 nitrogen and oxygen atoms in total. The largest absolute Gasteiger partial charge is 0.427 e. The van der Waals surface area contributed by atoms with Gasteiger partial charge in [-0.3, -0.25) is 9.69 Å². The van der Waals surface area contributed by atoms with Crippen molar-refractivity contribution in [3.63, 3.8) is 0 Å². The Morgan fingerprint density at radius 2 is 1.43 bits per heavy atom. The van der Waals surface area contributed by atoms with Crippen LogP contribution < -0.4 is 10.8 Å². The minimum atomic E-state index is -0.418. The summed E-state index contributed by atoms with van der Waals surface area (Å²) in [4.78, 5) is 33.2. The minimum Gasteiger partial charge on any atom is -0.352 e. The van der Waals surface area contributed by atoms with Crippen molar-refractivity contribution in [2.75, 3.05) is 32.7 Å². The number of carbonyl (C=O) groups is 2. The lowest BCUT2D eigenvalue weighted by atomic mass is 10.0. The van der Waals surface area contributed by atoms with Crippen LogP contribution in [-0.4, -0.2) is 60.7 Å². The summed E-state index contributed by atoms with van der Waals surface area (Å²) in [5, 5.41) is 2.71. The van der Waals surface area contributed by atoms with Gasteiger partial charge >= 0.3 is 6.09 Å². The zero-order chi connectivity index (χ0) is 26.1. The number of amides is 2. The Kier molecular flexibility index (Phi) is 13.8. The van der Waals surface area contributed by atoms with Gasteiger partial charge in [-0.15, -0.1) is 5.48 Å². The molecule has 1 aromatic carbocycles. The number of aryl methyl sites for hydroxylation is 1. The number of nitrogens with zero attached hydrogens (tertiary/aromatic N) is 2. The maximum atomic E-state index is 13.0. The van der Waals surface area contributed by atoms with Crippen molar-refractivity contribution < 1.29 is 14.4 Å². The molecule has 2 aliphatic heterocycles. The van der Waals surface area contributed by atoms with Gasteiger partial charge in [-0.05, 0) is 49.9 Å². The molecule has 2 N–H and O–H groups in total. The molecule has 2 amide bonds. The van der Waals surface area contributed by atoms with Crippen LogP contribution in [0, 0.1) is 0 Å². The van der Waals surface area contributed by atoms with Gasteiger partial charge in [-0.2, -0.15) is 0 Å². The standard InChI is InChI=1S/C30H50N4O3/c1-2-3-4-5-6-7-8-9-10-11-12-13-21-33-22-24-34(25-23-33)29(35)27-19-17-26(18-20-27)15-14-16-28-31-30(36)37-32-28/h17-20,28,32H,2-16,21-25H2,1H3,(H,31,36). The lowest BCUT2D eigenvalue weighted by Gasteiger charge is -2.34. The third-order valence-corrected chi connectivity index (χ3v) is 7.73. The fourth-order valence-corrected chi connectivity index (χ4v) is 5.31. The van der Waals surface area contributed by atoms with Crippen molar-refractivity contribution >= 4 is 12.0 Å². The van der Waals surface area contributed by atoms with E-state index in [4.69, 9.17) is 0 Å². The van der Waals surface area contributed by atoms with E-state index in [1.807, 2.05) is 29.2 Å². The number of hydrogen-bond acceptors (Lipinski definition) is 5. The normalized spacial score (nSPS) is 18.1. The third kappa shape index (κ3) is 11.4. The van der Waals surface area contributed by atoms with Gasteiger partial charge in [0.25, 0.3) is 5.91 Å². The molecule has 37 heavy (non-hydrogen) atoms. The molecule has 2 fully saturated rings. The molecule has 2 saturated heterocycles. The zero-order valence-corrected chi connectivity index (χ0v) is 23.1. The Hall–Kier alpha value is -2.12. The second-order valence-corrected chi connectivity index (χ2v) is 10.8. The molecule has 1 unspecified atom stereocenters. The van der Waals surface area contributed by atoms with Gasteiger partial charge in [-0.1, -0.05) is 89.7 Å². The predicted octanol–water partition coefficient (Wildman–Crippen LogP) is 6.04. The van der Waals surface area contributed by atoms with Crippen molar-refractivity contribution in [2.45, 2.75) is 109 Å². The molecule has 208 valence electrons. The quantitative estimate of drug-likeness (QED) is 0.234. The second-order valence-electron chi connectivity index (χ2n) is 10.8. The molecule has 7 heteroatoms. The number of hydroxylamine groups is 1. The highest BCUT2D eigenvalue weighted by molar-refractivity contribution is 5.94. The molecular formula is C30H50N4O3. The Morgan fingerprint density at radius 3 is 2.00 bits per heavy atom. The molecule has 3 rings (SSSR count). The van der Waals surface area contributed by atoms with Gasteiger partial charge in [0, 0.05) is 31.7 Å². The number of piperazine rings is 1. The number of unbranched alkanes of at least 4 members (excludes halogenated alkanes) is 11. The van der Waals surface area contributed by atoms with E-state index in [9.17, 15) is 9.59 Å². The third-order valence-electron chi connectivity index (χ3n) is 7.73. The maximum absolute atomic E-state index is 13.0. The van der Waals surface area contributed by atoms with E-state index in [0.717, 1.165) is 51.0 Å². The first-order valence-corrected chi connectivity index (χ1v) is 15.0. The van der Waals surface area contributed by atoms with Crippen molar-refractivity contribution in [2.24, 2.45) is 0 Å². The van der Waals surface area contributed by atoms with Crippen LogP contribution in [0.15, 0.2) is 24.3 Å². The van der Waals surface area contributed by atoms with Crippen LogP contribution in [0.4, 0.5) is 4.79 Å². The van der Waals surface area contributed by atoms with Gasteiger partial charge in [0.05, 0.1) is 0 Å². The lowest BCUT2D eigenvalue weighted by Crippen LogP contribution is -2.48. The second kappa shape index (κ2) is 17.4. The van der Waals surface area contributed by atoms with Crippen LogP contribution in [0.3, 0.4) is 0 Å². The van der Waals surface area contributed by atoms with Gasteiger partial charge in [-0.25, -0.2) is 4.79 Å². The number of hydrogen-bond donors (Lipinski definition) is 2. The van der Waals surface area contributed by atoms with Crippen molar-refractivity contribution in [1.82, 2.24) is 20.6 Å². The molecule has 1 aromatic rings. The van der Waals surface area contributed by atoms with E-state index >= 15 is 0 Å². The van der Waals surface area contributed by atoms with E-state index < -0.39 is 6.09 Å². The SMILES string of the molecule is CCCCCCCCCCCCCCN1CCN(C(=O)c2ccc(CCCC3NOC(=O)N3)cc2)CC1. The molecule has 0 spiro atoms. The molecule has 2 aliphatic rings.